The van der Waals surface area contributed by atoms with Crippen molar-refractivity contribution in [3.8, 4) is 22.6 Å². The summed E-state index contributed by atoms with van der Waals surface area (Å²) in [6.07, 6.45) is 2.32. The summed E-state index contributed by atoms with van der Waals surface area (Å²) in [5, 5.41) is 13.0. The molecule has 0 bridgehead atoms. The fraction of sp³-hybridized carbons (Fsp3) is 0.421. The van der Waals surface area contributed by atoms with Crippen LogP contribution >= 0.6 is 39.9 Å². The van der Waals surface area contributed by atoms with E-state index in [1.807, 2.05) is 22.3 Å². The van der Waals surface area contributed by atoms with Crippen LogP contribution in [-0.2, 0) is 11.3 Å². The van der Waals surface area contributed by atoms with Gasteiger partial charge in [-0.05, 0) is 66.5 Å². The van der Waals surface area contributed by atoms with Gasteiger partial charge in [-0.1, -0.05) is 5.21 Å². The molecule has 2 atom stereocenters. The Morgan fingerprint density at radius 1 is 1.32 bits per heavy atom. The van der Waals surface area contributed by atoms with Crippen molar-refractivity contribution in [1.82, 2.24) is 33.9 Å². The van der Waals surface area contributed by atoms with E-state index in [2.05, 4.69) is 68.3 Å². The maximum atomic E-state index is 5.66. The lowest BCUT2D eigenvalue weighted by molar-refractivity contribution is 0.0986. The van der Waals surface area contributed by atoms with Crippen LogP contribution in [0.15, 0.2) is 18.3 Å². The minimum absolute atomic E-state index is 0.249. The van der Waals surface area contributed by atoms with Crippen molar-refractivity contribution < 1.29 is 4.74 Å². The van der Waals surface area contributed by atoms with Gasteiger partial charge in [-0.25, -0.2) is 14.1 Å². The van der Waals surface area contributed by atoms with E-state index < -0.39 is 0 Å². The first-order chi connectivity index (χ1) is 15.1. The molecule has 31 heavy (non-hydrogen) atoms. The van der Waals surface area contributed by atoms with Gasteiger partial charge in [0, 0.05) is 18.7 Å². The Bertz CT molecular complexity index is 1240. The Labute approximate surface area is 198 Å². The van der Waals surface area contributed by atoms with Gasteiger partial charge in [0.2, 0.25) is 0 Å². The van der Waals surface area contributed by atoms with E-state index in [0.29, 0.717) is 19.6 Å². The van der Waals surface area contributed by atoms with Crippen LogP contribution in [0.2, 0.25) is 0 Å². The van der Waals surface area contributed by atoms with Crippen molar-refractivity contribution >= 4 is 56.0 Å². The molecule has 1 fully saturated rings. The Morgan fingerprint density at radius 2 is 2.19 bits per heavy atom. The second-order valence-electron chi connectivity index (χ2n) is 7.46. The van der Waals surface area contributed by atoms with E-state index in [1.54, 1.807) is 0 Å². The first-order valence-electron chi connectivity index (χ1n) is 10.1. The molecule has 12 heteroatoms. The lowest BCUT2D eigenvalue weighted by atomic mass is 10.1. The van der Waals surface area contributed by atoms with Gasteiger partial charge in [0.15, 0.2) is 0 Å². The summed E-state index contributed by atoms with van der Waals surface area (Å²) in [6, 6.07) is 4.49. The van der Waals surface area contributed by atoms with Crippen LogP contribution in [0.1, 0.15) is 19.5 Å². The molecule has 0 saturated carbocycles. The molecule has 162 valence electrons. The van der Waals surface area contributed by atoms with Crippen LogP contribution in [0.25, 0.3) is 32.9 Å². The molecule has 5 rings (SSSR count). The van der Waals surface area contributed by atoms with Gasteiger partial charge in [-0.3, -0.25) is 0 Å². The van der Waals surface area contributed by atoms with E-state index in [1.165, 1.54) is 11.5 Å². The fourth-order valence-electron chi connectivity index (χ4n) is 3.91. The third kappa shape index (κ3) is 3.75. The van der Waals surface area contributed by atoms with Crippen LogP contribution in [0, 0.1) is 6.92 Å². The number of morpholine rings is 1. The number of pyridine rings is 1. The number of rotatable bonds is 5. The highest BCUT2D eigenvalue weighted by Gasteiger charge is 2.25. The number of halogens is 1. The Kier molecular flexibility index (Phi) is 5.93. The van der Waals surface area contributed by atoms with Gasteiger partial charge in [-0.2, -0.15) is 9.47 Å². The first-order valence-corrected chi connectivity index (χ1v) is 14.9. The topological polar surface area (TPSA) is 86.8 Å². The van der Waals surface area contributed by atoms with Gasteiger partial charge >= 0.3 is 0 Å². The Balaban J connectivity index is 1.76. The summed E-state index contributed by atoms with van der Waals surface area (Å²) in [4.78, 5) is 7.44. The van der Waals surface area contributed by atoms with Crippen LogP contribution in [0.5, 0.6) is 0 Å². The van der Waals surface area contributed by atoms with E-state index >= 15 is 0 Å². The van der Waals surface area contributed by atoms with E-state index in [4.69, 9.17) is 14.1 Å². The maximum Gasteiger partial charge on any atom is 0.130 e. The molecule has 9 nitrogen and oxygen atoms in total. The molecular weight excluding hydrogens is 546 g/mol. The van der Waals surface area contributed by atoms with Gasteiger partial charge < -0.3 is 9.64 Å². The van der Waals surface area contributed by atoms with Crippen molar-refractivity contribution in [2.45, 2.75) is 33.4 Å². The summed E-state index contributed by atoms with van der Waals surface area (Å²) in [5.74, 6) is 0.934. The lowest BCUT2D eigenvalue weighted by Crippen LogP contribution is -2.44. The summed E-state index contributed by atoms with van der Waals surface area (Å²) >= 11 is 3.82. The van der Waals surface area contributed by atoms with Crippen molar-refractivity contribution in [3.63, 3.8) is 0 Å². The van der Waals surface area contributed by atoms with E-state index in [9.17, 15) is 0 Å². The fourth-order valence-corrected chi connectivity index (χ4v) is 6.33. The monoisotopic (exact) mass is 568 g/mol. The molecule has 1 aliphatic heterocycles. The number of hydrogen-bond acceptors (Lipinski definition) is 8. The number of hydrogen-bond donors (Lipinski definition) is 0. The SMILES string of the molecule is CCn1nncc1-c1cc(N2CCOC[C@H]2C)nc2c(-c3cc(C)nn3PI)nsc12. The summed E-state index contributed by atoms with van der Waals surface area (Å²) in [7, 11) is 0. The number of aryl methyl sites for hydroxylation is 2. The minimum Gasteiger partial charge on any atom is -0.377 e. The summed E-state index contributed by atoms with van der Waals surface area (Å²) in [5.41, 5.74) is 5.80. The van der Waals surface area contributed by atoms with Crippen LogP contribution in [0.4, 0.5) is 5.82 Å². The van der Waals surface area contributed by atoms with Gasteiger partial charge in [-0.15, -0.1) is 5.10 Å². The molecule has 0 aliphatic carbocycles. The van der Waals surface area contributed by atoms with Crippen molar-refractivity contribution in [1.29, 1.82) is 0 Å². The third-order valence-corrected chi connectivity index (χ3v) is 8.16. The van der Waals surface area contributed by atoms with Gasteiger partial charge in [0.05, 0.1) is 53.6 Å². The molecule has 0 aromatic carbocycles. The smallest absolute Gasteiger partial charge is 0.130 e. The van der Waals surface area contributed by atoms with Crippen LogP contribution in [-0.4, -0.2) is 59.7 Å². The molecule has 0 N–H and O–H groups in total. The number of fused-ring (bicyclic) bond motifs is 1. The number of nitrogens with zero attached hydrogens (tertiary/aromatic N) is 8. The average Bonchev–Trinajstić information content (AvgIpc) is 3.50. The highest BCUT2D eigenvalue weighted by atomic mass is 127. The number of ether oxygens (including phenoxy) is 1. The largest absolute Gasteiger partial charge is 0.377 e. The predicted molar refractivity (Wildman–Crippen MR) is 133 cm³/mol. The molecule has 0 radical (unpaired) electrons. The third-order valence-electron chi connectivity index (χ3n) is 5.42. The molecule has 1 unspecified atom stereocenters. The number of anilines is 1. The van der Waals surface area contributed by atoms with E-state index in [-0.39, 0.29) is 6.04 Å². The molecule has 5 heterocycles. The molecular formula is C19H22IN8OPS. The highest BCUT2D eigenvalue weighted by molar-refractivity contribution is 14.2. The summed E-state index contributed by atoms with van der Waals surface area (Å²) < 4.78 is 15.5. The first kappa shape index (κ1) is 21.2. The van der Waals surface area contributed by atoms with Crippen LogP contribution < -0.4 is 4.90 Å². The predicted octanol–water partition coefficient (Wildman–Crippen LogP) is 4.16. The average molecular weight is 568 g/mol. The van der Waals surface area contributed by atoms with Gasteiger partial charge in [0.1, 0.15) is 17.0 Å². The minimum atomic E-state index is 0.249. The zero-order valence-corrected chi connectivity index (χ0v) is 21.4. The zero-order chi connectivity index (χ0) is 21.5. The zero-order valence-electron chi connectivity index (χ0n) is 17.4. The highest BCUT2D eigenvalue weighted by Crippen LogP contribution is 2.40. The lowest BCUT2D eigenvalue weighted by Gasteiger charge is -2.34. The standard InChI is InChI=1S/C19H22IN8OPS/c1-4-27-15(9-21-25-27)13-8-16(26-5-6-29-10-12(26)3)22-18-17(24-31-19(13)18)14-7-11(2)23-28(14)30-20/h7-9,12,30H,4-6,10H2,1-3H3/t12-/m1/s1. The van der Waals surface area contributed by atoms with Crippen LogP contribution in [0.3, 0.4) is 0 Å². The van der Waals surface area contributed by atoms with E-state index in [0.717, 1.165) is 57.5 Å². The normalized spacial score (nSPS) is 17.4. The molecule has 1 aliphatic rings. The Hall–Kier alpha value is -1.69. The van der Waals surface area contributed by atoms with Gasteiger partial charge in [0.25, 0.3) is 0 Å². The Morgan fingerprint density at radius 3 is 2.97 bits per heavy atom. The molecule has 1 saturated heterocycles. The molecule has 4 aromatic rings. The second-order valence-corrected chi connectivity index (χ2v) is 10.3. The molecule has 4 aromatic heterocycles. The molecule has 0 amide bonds. The second kappa shape index (κ2) is 8.68. The van der Waals surface area contributed by atoms with Crippen molar-refractivity contribution in [3.05, 3.63) is 24.0 Å². The summed E-state index contributed by atoms with van der Waals surface area (Å²) in [6.45, 7) is 9.20. The van der Waals surface area contributed by atoms with Crippen molar-refractivity contribution in [2.75, 3.05) is 24.7 Å². The number of aromatic nitrogens is 7. The molecule has 0 spiro atoms. The van der Waals surface area contributed by atoms with Crippen molar-refractivity contribution in [2.24, 2.45) is 0 Å². The quantitative estimate of drug-likeness (QED) is 0.264. The maximum absolute atomic E-state index is 5.66.